The molecule has 5 nitrogen and oxygen atoms in total. The van der Waals surface area contributed by atoms with Crippen molar-refractivity contribution >= 4 is 5.91 Å². The van der Waals surface area contributed by atoms with E-state index in [1.54, 1.807) is 6.07 Å². The predicted molar refractivity (Wildman–Crippen MR) is 78.1 cm³/mol. The number of nitrogens with one attached hydrogen (secondary N) is 1. The van der Waals surface area contributed by atoms with Crippen molar-refractivity contribution in [3.8, 4) is 0 Å². The molecule has 0 bridgehead atoms. The molecule has 1 heterocycles. The SMILES string of the molecule is Cc1oc(C(=O)NN)cc1CN(C)C1CCCCCC1. The van der Waals surface area contributed by atoms with Gasteiger partial charge in [-0.2, -0.15) is 0 Å². The molecule has 0 unspecified atom stereocenters. The average molecular weight is 279 g/mol. The van der Waals surface area contributed by atoms with Crippen LogP contribution in [0.5, 0.6) is 0 Å². The van der Waals surface area contributed by atoms with Crippen LogP contribution < -0.4 is 11.3 Å². The average Bonchev–Trinajstić information content (AvgIpc) is 2.68. The second-order valence-electron chi connectivity index (χ2n) is 5.73. The Bertz CT molecular complexity index is 448. The normalized spacial score (nSPS) is 17.2. The number of hydrazine groups is 1. The maximum atomic E-state index is 11.5. The molecule has 0 spiro atoms. The molecule has 1 fully saturated rings. The number of rotatable bonds is 4. The Morgan fingerprint density at radius 2 is 2.05 bits per heavy atom. The van der Waals surface area contributed by atoms with Crippen LogP contribution in [0.4, 0.5) is 0 Å². The van der Waals surface area contributed by atoms with Crippen molar-refractivity contribution in [2.45, 2.75) is 58.0 Å². The largest absolute Gasteiger partial charge is 0.456 e. The monoisotopic (exact) mass is 279 g/mol. The van der Waals surface area contributed by atoms with Gasteiger partial charge >= 0.3 is 5.91 Å². The van der Waals surface area contributed by atoms with Crippen LogP contribution in [-0.4, -0.2) is 23.9 Å². The summed E-state index contributed by atoms with van der Waals surface area (Å²) in [7, 11) is 2.16. The molecule has 1 aliphatic carbocycles. The Morgan fingerprint density at radius 3 is 2.65 bits per heavy atom. The smallest absolute Gasteiger partial charge is 0.300 e. The number of carbonyl (C=O) groups excluding carboxylic acids is 1. The third-order valence-corrected chi connectivity index (χ3v) is 4.24. The van der Waals surface area contributed by atoms with E-state index in [0.717, 1.165) is 17.9 Å². The lowest BCUT2D eigenvalue weighted by atomic mass is 10.1. The summed E-state index contributed by atoms with van der Waals surface area (Å²) in [5.41, 5.74) is 3.17. The Kier molecular flexibility index (Phi) is 5.20. The number of nitrogen functional groups attached to an aromatic ring is 1. The summed E-state index contributed by atoms with van der Waals surface area (Å²) < 4.78 is 5.46. The molecule has 5 heteroatoms. The lowest BCUT2D eigenvalue weighted by molar-refractivity contribution is 0.0924. The van der Waals surface area contributed by atoms with Gasteiger partial charge in [0.05, 0.1) is 0 Å². The summed E-state index contributed by atoms with van der Waals surface area (Å²) in [6.45, 7) is 2.71. The molecule has 1 aromatic rings. The fourth-order valence-electron chi connectivity index (χ4n) is 2.96. The van der Waals surface area contributed by atoms with Crippen LogP contribution in [0.25, 0.3) is 0 Å². The minimum atomic E-state index is -0.378. The standard InChI is InChI=1S/C15H25N3O2/c1-11-12(9-14(20-11)15(19)17-16)10-18(2)13-7-5-3-4-6-8-13/h9,13H,3-8,10,16H2,1-2H3,(H,17,19). The predicted octanol–water partition coefficient (Wildman–Crippen LogP) is 2.35. The molecule has 112 valence electrons. The highest BCUT2D eigenvalue weighted by Gasteiger charge is 2.20. The summed E-state index contributed by atoms with van der Waals surface area (Å²) in [6, 6.07) is 2.43. The summed E-state index contributed by atoms with van der Waals surface area (Å²) >= 11 is 0. The van der Waals surface area contributed by atoms with Crippen LogP contribution in [-0.2, 0) is 6.54 Å². The molecule has 0 aromatic carbocycles. The summed E-state index contributed by atoms with van der Waals surface area (Å²) in [5.74, 6) is 5.83. The number of carbonyl (C=O) groups is 1. The zero-order valence-corrected chi connectivity index (χ0v) is 12.4. The second kappa shape index (κ2) is 6.90. The van der Waals surface area contributed by atoms with E-state index >= 15 is 0 Å². The van der Waals surface area contributed by atoms with E-state index in [9.17, 15) is 4.79 Å². The number of nitrogens with zero attached hydrogens (tertiary/aromatic N) is 1. The number of hydrogen-bond donors (Lipinski definition) is 2. The van der Waals surface area contributed by atoms with Gasteiger partial charge in [0, 0.05) is 18.2 Å². The van der Waals surface area contributed by atoms with E-state index < -0.39 is 0 Å². The fourth-order valence-corrected chi connectivity index (χ4v) is 2.96. The molecule has 20 heavy (non-hydrogen) atoms. The molecule has 0 saturated heterocycles. The van der Waals surface area contributed by atoms with Crippen LogP contribution in [0.3, 0.4) is 0 Å². The van der Waals surface area contributed by atoms with Crippen molar-refractivity contribution in [2.75, 3.05) is 7.05 Å². The van der Waals surface area contributed by atoms with Crippen LogP contribution >= 0.6 is 0 Å². The molecular weight excluding hydrogens is 254 g/mol. The maximum Gasteiger partial charge on any atom is 0.300 e. The van der Waals surface area contributed by atoms with Crippen molar-refractivity contribution < 1.29 is 9.21 Å². The molecule has 1 aliphatic rings. The topological polar surface area (TPSA) is 71.5 Å². The van der Waals surface area contributed by atoms with Crippen LogP contribution in [0.15, 0.2) is 10.5 Å². The highest BCUT2D eigenvalue weighted by atomic mass is 16.4. The Hall–Kier alpha value is -1.33. The first-order valence-electron chi connectivity index (χ1n) is 7.42. The van der Waals surface area contributed by atoms with Crippen LogP contribution in [0.2, 0.25) is 0 Å². The molecule has 3 N–H and O–H groups in total. The van der Waals surface area contributed by atoms with Gasteiger partial charge in [-0.1, -0.05) is 25.7 Å². The highest BCUT2D eigenvalue weighted by Crippen LogP contribution is 2.24. The summed E-state index contributed by atoms with van der Waals surface area (Å²) in [4.78, 5) is 13.9. The lowest BCUT2D eigenvalue weighted by Gasteiger charge is -2.26. The summed E-state index contributed by atoms with van der Waals surface area (Å²) in [6.07, 6.45) is 7.89. The molecule has 2 rings (SSSR count). The quantitative estimate of drug-likeness (QED) is 0.384. The van der Waals surface area contributed by atoms with Gasteiger partial charge in [-0.25, -0.2) is 5.84 Å². The lowest BCUT2D eigenvalue weighted by Crippen LogP contribution is -2.31. The maximum absolute atomic E-state index is 11.5. The number of aryl methyl sites for hydroxylation is 1. The first kappa shape index (κ1) is 15.1. The Morgan fingerprint density at radius 1 is 1.40 bits per heavy atom. The first-order chi connectivity index (χ1) is 9.61. The molecule has 1 saturated carbocycles. The van der Waals surface area contributed by atoms with Gasteiger partial charge in [-0.3, -0.25) is 15.1 Å². The molecule has 1 amide bonds. The van der Waals surface area contributed by atoms with Gasteiger partial charge in [0.25, 0.3) is 0 Å². The van der Waals surface area contributed by atoms with Crippen LogP contribution in [0.1, 0.15) is 60.4 Å². The van der Waals surface area contributed by atoms with E-state index in [1.165, 1.54) is 38.5 Å². The number of furan rings is 1. The zero-order chi connectivity index (χ0) is 14.5. The number of hydrogen-bond acceptors (Lipinski definition) is 4. The van der Waals surface area contributed by atoms with Crippen molar-refractivity contribution in [1.82, 2.24) is 10.3 Å². The molecular formula is C15H25N3O2. The summed E-state index contributed by atoms with van der Waals surface area (Å²) in [5, 5.41) is 0. The number of nitrogens with two attached hydrogens (primary N) is 1. The second-order valence-corrected chi connectivity index (χ2v) is 5.73. The molecule has 0 radical (unpaired) electrons. The molecule has 0 aliphatic heterocycles. The van der Waals surface area contributed by atoms with Gasteiger partial charge < -0.3 is 4.42 Å². The molecule has 0 atom stereocenters. The highest BCUT2D eigenvalue weighted by molar-refractivity contribution is 5.91. The van der Waals surface area contributed by atoms with E-state index in [1.807, 2.05) is 6.92 Å². The zero-order valence-electron chi connectivity index (χ0n) is 12.4. The fraction of sp³-hybridized carbons (Fsp3) is 0.667. The van der Waals surface area contributed by atoms with Gasteiger partial charge in [-0.15, -0.1) is 0 Å². The van der Waals surface area contributed by atoms with Gasteiger partial charge in [0.15, 0.2) is 5.76 Å². The van der Waals surface area contributed by atoms with E-state index in [4.69, 9.17) is 10.3 Å². The number of amides is 1. The van der Waals surface area contributed by atoms with Crippen molar-refractivity contribution in [3.05, 3.63) is 23.2 Å². The van der Waals surface area contributed by atoms with Gasteiger partial charge in [-0.05, 0) is 32.9 Å². The third kappa shape index (κ3) is 3.61. The van der Waals surface area contributed by atoms with Crippen molar-refractivity contribution in [1.29, 1.82) is 0 Å². The van der Waals surface area contributed by atoms with Gasteiger partial charge in [0.1, 0.15) is 5.76 Å². The van der Waals surface area contributed by atoms with E-state index in [-0.39, 0.29) is 11.7 Å². The minimum Gasteiger partial charge on any atom is -0.456 e. The minimum absolute atomic E-state index is 0.286. The van der Waals surface area contributed by atoms with E-state index in [0.29, 0.717) is 6.04 Å². The van der Waals surface area contributed by atoms with Crippen LogP contribution in [0, 0.1) is 6.92 Å². The van der Waals surface area contributed by atoms with Crippen molar-refractivity contribution in [3.63, 3.8) is 0 Å². The molecule has 1 aromatic heterocycles. The Balaban J connectivity index is 2.01. The van der Waals surface area contributed by atoms with E-state index in [2.05, 4.69) is 17.4 Å². The van der Waals surface area contributed by atoms with Gasteiger partial charge in [0.2, 0.25) is 0 Å². The van der Waals surface area contributed by atoms with Crippen molar-refractivity contribution in [2.24, 2.45) is 5.84 Å². The third-order valence-electron chi connectivity index (χ3n) is 4.24. The first-order valence-corrected chi connectivity index (χ1v) is 7.42. The Labute approximate surface area is 120 Å².